The summed E-state index contributed by atoms with van der Waals surface area (Å²) in [5.74, 6) is 0.464. The van der Waals surface area contributed by atoms with Crippen LogP contribution in [-0.4, -0.2) is 30.7 Å². The van der Waals surface area contributed by atoms with Gasteiger partial charge in [0.05, 0.1) is 4.92 Å². The highest BCUT2D eigenvalue weighted by Crippen LogP contribution is 2.30. The summed E-state index contributed by atoms with van der Waals surface area (Å²) in [4.78, 5) is 10.1. The van der Waals surface area contributed by atoms with Crippen molar-refractivity contribution in [3.8, 4) is 0 Å². The number of benzene rings is 1. The van der Waals surface area contributed by atoms with Gasteiger partial charge in [0.15, 0.2) is 4.90 Å². The molecule has 1 unspecified atom stereocenters. The summed E-state index contributed by atoms with van der Waals surface area (Å²) in [6, 6.07) is 3.69. The topological polar surface area (TPSA) is 107 Å². The van der Waals surface area contributed by atoms with Gasteiger partial charge in [0.2, 0.25) is 10.0 Å². The molecule has 1 saturated heterocycles. The van der Waals surface area contributed by atoms with E-state index in [9.17, 15) is 18.5 Å². The van der Waals surface area contributed by atoms with Crippen LogP contribution in [0.1, 0.15) is 26.2 Å². The molecule has 1 aromatic rings. The molecule has 8 heteroatoms. The SMILES string of the molecule is CC1CCCN(S(=O)(=O)c2ccc(N)cc2[N+](=O)[O-])CC1. The van der Waals surface area contributed by atoms with Crippen molar-refractivity contribution in [2.24, 2.45) is 5.92 Å². The third-order valence-electron chi connectivity index (χ3n) is 3.77. The molecule has 0 bridgehead atoms. The minimum atomic E-state index is -3.87. The summed E-state index contributed by atoms with van der Waals surface area (Å²) in [6.45, 7) is 2.88. The number of nitrogens with zero attached hydrogens (tertiary/aromatic N) is 2. The molecular weight excluding hydrogens is 294 g/mol. The van der Waals surface area contributed by atoms with Crippen LogP contribution in [0.4, 0.5) is 11.4 Å². The number of nitro groups is 1. The summed E-state index contributed by atoms with van der Waals surface area (Å²) in [7, 11) is -3.87. The normalized spacial score (nSPS) is 20.9. The maximum Gasteiger partial charge on any atom is 0.291 e. The fourth-order valence-electron chi connectivity index (χ4n) is 2.51. The van der Waals surface area contributed by atoms with E-state index in [1.54, 1.807) is 0 Å². The highest BCUT2D eigenvalue weighted by molar-refractivity contribution is 7.89. The van der Waals surface area contributed by atoms with Gasteiger partial charge in [-0.05, 0) is 37.3 Å². The first-order valence-electron chi connectivity index (χ1n) is 6.86. The van der Waals surface area contributed by atoms with Crippen LogP contribution in [0.15, 0.2) is 23.1 Å². The second-order valence-electron chi connectivity index (χ2n) is 5.42. The minimum Gasteiger partial charge on any atom is -0.399 e. The van der Waals surface area contributed by atoms with Crippen molar-refractivity contribution >= 4 is 21.4 Å². The molecule has 0 radical (unpaired) electrons. The largest absolute Gasteiger partial charge is 0.399 e. The molecule has 2 N–H and O–H groups in total. The number of hydrogen-bond donors (Lipinski definition) is 1. The summed E-state index contributed by atoms with van der Waals surface area (Å²) >= 11 is 0. The van der Waals surface area contributed by atoms with Crippen molar-refractivity contribution in [1.82, 2.24) is 4.31 Å². The predicted molar refractivity (Wildman–Crippen MR) is 79.3 cm³/mol. The van der Waals surface area contributed by atoms with Gasteiger partial charge < -0.3 is 5.73 Å². The number of nitrogen functional groups attached to an aromatic ring is 1. The fourth-order valence-corrected chi connectivity index (χ4v) is 4.14. The number of rotatable bonds is 3. The Morgan fingerprint density at radius 1 is 1.33 bits per heavy atom. The Hall–Kier alpha value is -1.67. The molecule has 1 aliphatic rings. The third-order valence-corrected chi connectivity index (χ3v) is 5.72. The molecular formula is C13H19N3O4S. The highest BCUT2D eigenvalue weighted by atomic mass is 32.2. The number of hydrogen-bond acceptors (Lipinski definition) is 5. The highest BCUT2D eigenvalue weighted by Gasteiger charge is 2.32. The molecule has 2 rings (SSSR count). The van der Waals surface area contributed by atoms with Gasteiger partial charge in [-0.3, -0.25) is 10.1 Å². The maximum absolute atomic E-state index is 12.7. The van der Waals surface area contributed by atoms with Gasteiger partial charge in [0.25, 0.3) is 5.69 Å². The molecule has 21 heavy (non-hydrogen) atoms. The molecule has 1 fully saturated rings. The van der Waals surface area contributed by atoms with E-state index >= 15 is 0 Å². The predicted octanol–water partition coefficient (Wildman–Crippen LogP) is 1.99. The monoisotopic (exact) mass is 313 g/mol. The number of nitro benzene ring substituents is 1. The lowest BCUT2D eigenvalue weighted by molar-refractivity contribution is -0.387. The Morgan fingerprint density at radius 3 is 2.71 bits per heavy atom. The molecule has 0 aromatic heterocycles. The zero-order valence-corrected chi connectivity index (χ0v) is 12.7. The molecule has 0 spiro atoms. The number of anilines is 1. The lowest BCUT2D eigenvalue weighted by Crippen LogP contribution is -2.32. The molecule has 116 valence electrons. The Morgan fingerprint density at radius 2 is 2.05 bits per heavy atom. The molecule has 1 atom stereocenters. The van der Waals surface area contributed by atoms with E-state index in [0.29, 0.717) is 19.0 Å². The van der Waals surface area contributed by atoms with E-state index in [1.165, 1.54) is 16.4 Å². The smallest absolute Gasteiger partial charge is 0.291 e. The first kappa shape index (κ1) is 15.7. The summed E-state index contributed by atoms with van der Waals surface area (Å²) in [5, 5.41) is 11.1. The Bertz CT molecular complexity index is 645. The molecule has 1 aliphatic heterocycles. The van der Waals surface area contributed by atoms with Crippen molar-refractivity contribution in [2.45, 2.75) is 31.1 Å². The van der Waals surface area contributed by atoms with E-state index in [0.717, 1.165) is 25.3 Å². The lowest BCUT2D eigenvalue weighted by atomic mass is 10.0. The number of nitrogens with two attached hydrogens (primary N) is 1. The van der Waals surface area contributed by atoms with Crippen LogP contribution >= 0.6 is 0 Å². The van der Waals surface area contributed by atoms with Crippen molar-refractivity contribution in [3.63, 3.8) is 0 Å². The summed E-state index contributed by atoms with van der Waals surface area (Å²) in [6.07, 6.45) is 2.50. The molecule has 1 heterocycles. The third kappa shape index (κ3) is 3.33. The standard InChI is InChI=1S/C13H19N3O4S/c1-10-3-2-7-15(8-6-10)21(19,20)13-5-4-11(14)9-12(13)16(17)18/h4-5,9-10H,2-3,6-8,14H2,1H3. The van der Waals surface area contributed by atoms with E-state index in [1.807, 2.05) is 0 Å². The van der Waals surface area contributed by atoms with Crippen LogP contribution < -0.4 is 5.73 Å². The maximum atomic E-state index is 12.7. The summed E-state index contributed by atoms with van der Waals surface area (Å²) in [5.41, 5.74) is 5.22. The lowest BCUT2D eigenvalue weighted by Gasteiger charge is -2.20. The average Bonchev–Trinajstić information content (AvgIpc) is 2.63. The Labute approximate surface area is 123 Å². The van der Waals surface area contributed by atoms with Crippen LogP contribution in [0.3, 0.4) is 0 Å². The Kier molecular flexibility index (Phi) is 4.48. The first-order valence-corrected chi connectivity index (χ1v) is 8.30. The van der Waals surface area contributed by atoms with E-state index in [2.05, 4.69) is 6.92 Å². The fraction of sp³-hybridized carbons (Fsp3) is 0.538. The van der Waals surface area contributed by atoms with Crippen LogP contribution in [0.2, 0.25) is 0 Å². The van der Waals surface area contributed by atoms with Crippen molar-refractivity contribution < 1.29 is 13.3 Å². The van der Waals surface area contributed by atoms with Crippen molar-refractivity contribution in [2.75, 3.05) is 18.8 Å². The Balaban J connectivity index is 2.42. The second-order valence-corrected chi connectivity index (χ2v) is 7.33. The van der Waals surface area contributed by atoms with Crippen LogP contribution in [0, 0.1) is 16.0 Å². The zero-order chi connectivity index (χ0) is 15.6. The van der Waals surface area contributed by atoms with Gasteiger partial charge in [0.1, 0.15) is 0 Å². The molecule has 7 nitrogen and oxygen atoms in total. The van der Waals surface area contributed by atoms with Gasteiger partial charge >= 0.3 is 0 Å². The van der Waals surface area contributed by atoms with Gasteiger partial charge in [0, 0.05) is 24.8 Å². The zero-order valence-electron chi connectivity index (χ0n) is 11.9. The van der Waals surface area contributed by atoms with Crippen LogP contribution in [0.25, 0.3) is 0 Å². The van der Waals surface area contributed by atoms with Gasteiger partial charge in [-0.1, -0.05) is 6.92 Å². The molecule has 0 aliphatic carbocycles. The molecule has 0 saturated carbocycles. The summed E-state index contributed by atoms with van der Waals surface area (Å²) < 4.78 is 26.7. The van der Waals surface area contributed by atoms with Crippen molar-refractivity contribution in [3.05, 3.63) is 28.3 Å². The molecule has 0 amide bonds. The van der Waals surface area contributed by atoms with Gasteiger partial charge in [-0.25, -0.2) is 8.42 Å². The van der Waals surface area contributed by atoms with Crippen LogP contribution in [0.5, 0.6) is 0 Å². The van der Waals surface area contributed by atoms with E-state index in [4.69, 9.17) is 5.73 Å². The quantitative estimate of drug-likeness (QED) is 0.521. The first-order chi connectivity index (χ1) is 9.82. The molecule has 1 aromatic carbocycles. The van der Waals surface area contributed by atoms with E-state index in [-0.39, 0.29) is 10.6 Å². The van der Waals surface area contributed by atoms with Crippen LogP contribution in [-0.2, 0) is 10.0 Å². The van der Waals surface area contributed by atoms with Gasteiger partial charge in [-0.15, -0.1) is 0 Å². The second kappa shape index (κ2) is 5.98. The van der Waals surface area contributed by atoms with Gasteiger partial charge in [-0.2, -0.15) is 4.31 Å². The van der Waals surface area contributed by atoms with Crippen molar-refractivity contribution in [1.29, 1.82) is 0 Å². The minimum absolute atomic E-state index is 0.171. The van der Waals surface area contributed by atoms with E-state index < -0.39 is 20.6 Å². The average molecular weight is 313 g/mol. The number of sulfonamides is 1.